The van der Waals surface area contributed by atoms with Gasteiger partial charge in [-0.15, -0.1) is 0 Å². The Kier molecular flexibility index (Phi) is 5.77. The fourth-order valence-corrected chi connectivity index (χ4v) is 2.30. The van der Waals surface area contributed by atoms with Crippen molar-refractivity contribution in [1.29, 1.82) is 0 Å². The van der Waals surface area contributed by atoms with Gasteiger partial charge in [-0.25, -0.2) is 0 Å². The smallest absolute Gasteiger partial charge is 0.0534 e. The zero-order valence-electron chi connectivity index (χ0n) is 12.2. The fraction of sp³-hybridized carbons (Fsp3) is 0.438. The molecule has 0 radical (unpaired) electrons. The molecular weight excluding hydrogens is 248 g/mol. The molecule has 0 fully saturated rings. The van der Waals surface area contributed by atoms with E-state index in [0.29, 0.717) is 6.54 Å². The van der Waals surface area contributed by atoms with Gasteiger partial charge in [-0.2, -0.15) is 5.10 Å². The number of rotatable bonds is 8. The SMILES string of the molecule is CCn1cc(CN(CCN)CCc2ccccc2)cn1. The maximum atomic E-state index is 5.72. The van der Waals surface area contributed by atoms with Crippen molar-refractivity contribution in [3.8, 4) is 0 Å². The van der Waals surface area contributed by atoms with Crippen molar-refractivity contribution < 1.29 is 0 Å². The molecule has 108 valence electrons. The van der Waals surface area contributed by atoms with E-state index in [9.17, 15) is 0 Å². The summed E-state index contributed by atoms with van der Waals surface area (Å²) in [6.45, 7) is 6.58. The first-order valence-electron chi connectivity index (χ1n) is 7.29. The Morgan fingerprint density at radius 1 is 1.15 bits per heavy atom. The molecule has 0 saturated heterocycles. The maximum Gasteiger partial charge on any atom is 0.0534 e. The van der Waals surface area contributed by atoms with Crippen LogP contribution in [0.25, 0.3) is 0 Å². The molecule has 0 atom stereocenters. The number of aryl methyl sites for hydroxylation is 1. The zero-order chi connectivity index (χ0) is 14.2. The predicted molar refractivity (Wildman–Crippen MR) is 82.4 cm³/mol. The highest BCUT2D eigenvalue weighted by Crippen LogP contribution is 2.06. The Morgan fingerprint density at radius 2 is 1.95 bits per heavy atom. The molecule has 0 aliphatic rings. The minimum absolute atomic E-state index is 0.691. The average molecular weight is 272 g/mol. The van der Waals surface area contributed by atoms with Crippen LogP contribution < -0.4 is 5.73 Å². The molecule has 0 spiro atoms. The Morgan fingerprint density at radius 3 is 2.60 bits per heavy atom. The lowest BCUT2D eigenvalue weighted by atomic mass is 10.1. The van der Waals surface area contributed by atoms with Gasteiger partial charge in [-0.1, -0.05) is 30.3 Å². The Hall–Kier alpha value is -1.65. The van der Waals surface area contributed by atoms with E-state index in [0.717, 1.165) is 32.6 Å². The summed E-state index contributed by atoms with van der Waals surface area (Å²) in [4.78, 5) is 2.39. The van der Waals surface area contributed by atoms with Gasteiger partial charge in [-0.05, 0) is 18.9 Å². The van der Waals surface area contributed by atoms with Crippen molar-refractivity contribution in [2.75, 3.05) is 19.6 Å². The van der Waals surface area contributed by atoms with Crippen LogP contribution >= 0.6 is 0 Å². The molecule has 0 bridgehead atoms. The van der Waals surface area contributed by atoms with E-state index in [4.69, 9.17) is 5.73 Å². The third-order valence-electron chi connectivity index (χ3n) is 3.42. The van der Waals surface area contributed by atoms with Gasteiger partial charge in [-0.3, -0.25) is 9.58 Å². The molecule has 0 amide bonds. The summed E-state index contributed by atoms with van der Waals surface area (Å²) in [7, 11) is 0. The van der Waals surface area contributed by atoms with Gasteiger partial charge < -0.3 is 5.73 Å². The van der Waals surface area contributed by atoms with E-state index < -0.39 is 0 Å². The lowest BCUT2D eigenvalue weighted by molar-refractivity contribution is 0.276. The van der Waals surface area contributed by atoms with E-state index >= 15 is 0 Å². The first-order chi connectivity index (χ1) is 9.81. The number of hydrogen-bond donors (Lipinski definition) is 1. The van der Waals surface area contributed by atoms with E-state index in [1.165, 1.54) is 11.1 Å². The number of aromatic nitrogens is 2. The van der Waals surface area contributed by atoms with Crippen molar-refractivity contribution in [3.05, 3.63) is 53.9 Å². The number of benzene rings is 1. The van der Waals surface area contributed by atoms with Crippen LogP contribution in [0.2, 0.25) is 0 Å². The van der Waals surface area contributed by atoms with Crippen molar-refractivity contribution in [2.45, 2.75) is 26.4 Å². The Balaban J connectivity index is 1.89. The second kappa shape index (κ2) is 7.82. The zero-order valence-corrected chi connectivity index (χ0v) is 12.2. The van der Waals surface area contributed by atoms with Gasteiger partial charge in [0.2, 0.25) is 0 Å². The molecule has 2 N–H and O–H groups in total. The van der Waals surface area contributed by atoms with Crippen LogP contribution in [0.5, 0.6) is 0 Å². The molecule has 0 aliphatic carbocycles. The van der Waals surface area contributed by atoms with Crippen LogP contribution in [0.3, 0.4) is 0 Å². The average Bonchev–Trinajstić information content (AvgIpc) is 2.94. The largest absolute Gasteiger partial charge is 0.329 e. The summed E-state index contributed by atoms with van der Waals surface area (Å²) < 4.78 is 1.97. The summed E-state index contributed by atoms with van der Waals surface area (Å²) in [5.74, 6) is 0. The number of nitrogens with zero attached hydrogens (tertiary/aromatic N) is 3. The quantitative estimate of drug-likeness (QED) is 0.798. The molecule has 4 heteroatoms. The number of hydrogen-bond acceptors (Lipinski definition) is 3. The topological polar surface area (TPSA) is 47.1 Å². The van der Waals surface area contributed by atoms with E-state index in [-0.39, 0.29) is 0 Å². The standard InChI is InChI=1S/C16H24N4/c1-2-20-14-16(12-18-20)13-19(11-9-17)10-8-15-6-4-3-5-7-15/h3-7,12,14H,2,8-11,13,17H2,1H3. The molecule has 2 aromatic rings. The molecule has 1 aromatic carbocycles. The van der Waals surface area contributed by atoms with Gasteiger partial charge in [0.05, 0.1) is 6.20 Å². The highest BCUT2D eigenvalue weighted by molar-refractivity contribution is 5.15. The Bertz CT molecular complexity index is 492. The minimum atomic E-state index is 0.691. The van der Waals surface area contributed by atoms with Crippen molar-refractivity contribution >= 4 is 0 Å². The van der Waals surface area contributed by atoms with Gasteiger partial charge >= 0.3 is 0 Å². The molecule has 4 nitrogen and oxygen atoms in total. The van der Waals surface area contributed by atoms with Gasteiger partial charge in [0, 0.05) is 44.5 Å². The summed E-state index contributed by atoms with van der Waals surface area (Å²) >= 11 is 0. The second-order valence-corrected chi connectivity index (χ2v) is 5.00. The lowest BCUT2D eigenvalue weighted by Gasteiger charge is -2.20. The maximum absolute atomic E-state index is 5.72. The van der Waals surface area contributed by atoms with Crippen molar-refractivity contribution in [2.24, 2.45) is 5.73 Å². The minimum Gasteiger partial charge on any atom is -0.329 e. The van der Waals surface area contributed by atoms with Gasteiger partial charge in [0.25, 0.3) is 0 Å². The van der Waals surface area contributed by atoms with E-state index in [2.05, 4.69) is 53.5 Å². The second-order valence-electron chi connectivity index (χ2n) is 5.00. The molecule has 1 heterocycles. The third kappa shape index (κ3) is 4.47. The summed E-state index contributed by atoms with van der Waals surface area (Å²) in [6, 6.07) is 10.6. The normalized spacial score (nSPS) is 11.2. The molecule has 2 rings (SSSR count). The van der Waals surface area contributed by atoms with Gasteiger partial charge in [0.1, 0.15) is 0 Å². The molecule has 0 saturated carbocycles. The van der Waals surface area contributed by atoms with Crippen LogP contribution in [0.4, 0.5) is 0 Å². The van der Waals surface area contributed by atoms with Crippen LogP contribution in [-0.4, -0.2) is 34.3 Å². The lowest BCUT2D eigenvalue weighted by Crippen LogP contribution is -2.30. The highest BCUT2D eigenvalue weighted by Gasteiger charge is 2.07. The summed E-state index contributed by atoms with van der Waals surface area (Å²) in [5.41, 5.74) is 8.35. The van der Waals surface area contributed by atoms with Crippen LogP contribution in [-0.2, 0) is 19.5 Å². The van der Waals surface area contributed by atoms with Gasteiger partial charge in [0.15, 0.2) is 0 Å². The summed E-state index contributed by atoms with van der Waals surface area (Å²) in [5, 5.41) is 4.32. The molecule has 1 aromatic heterocycles. The summed E-state index contributed by atoms with van der Waals surface area (Å²) in [6.07, 6.45) is 5.13. The molecule has 0 unspecified atom stereocenters. The van der Waals surface area contributed by atoms with Crippen molar-refractivity contribution in [1.82, 2.24) is 14.7 Å². The van der Waals surface area contributed by atoms with E-state index in [1.807, 2.05) is 10.9 Å². The van der Waals surface area contributed by atoms with Crippen LogP contribution in [0.15, 0.2) is 42.7 Å². The molecule has 20 heavy (non-hydrogen) atoms. The van der Waals surface area contributed by atoms with Crippen molar-refractivity contribution in [3.63, 3.8) is 0 Å². The molecule has 0 aliphatic heterocycles. The van der Waals surface area contributed by atoms with Crippen LogP contribution in [0, 0.1) is 0 Å². The highest BCUT2D eigenvalue weighted by atomic mass is 15.3. The monoisotopic (exact) mass is 272 g/mol. The number of nitrogens with two attached hydrogens (primary N) is 1. The first kappa shape index (κ1) is 14.8. The molecular formula is C16H24N4. The van der Waals surface area contributed by atoms with E-state index in [1.54, 1.807) is 0 Å². The predicted octanol–water partition coefficient (Wildman–Crippen LogP) is 1.91. The Labute approximate surface area is 121 Å². The fourth-order valence-electron chi connectivity index (χ4n) is 2.30. The van der Waals surface area contributed by atoms with Crippen LogP contribution in [0.1, 0.15) is 18.1 Å². The third-order valence-corrected chi connectivity index (χ3v) is 3.42. The first-order valence-corrected chi connectivity index (χ1v) is 7.29.